The van der Waals surface area contributed by atoms with Crippen LogP contribution in [0, 0.1) is 0 Å². The van der Waals surface area contributed by atoms with E-state index < -0.39 is 0 Å². The third-order valence-electron chi connectivity index (χ3n) is 2.62. The van der Waals surface area contributed by atoms with Gasteiger partial charge in [0.15, 0.2) is 0 Å². The number of aromatic amines is 1. The number of H-pyrrole nitrogens is 1. The van der Waals surface area contributed by atoms with Crippen LogP contribution < -0.4 is 9.47 Å². The van der Waals surface area contributed by atoms with Crippen LogP contribution in [-0.2, 0) is 4.74 Å². The van der Waals surface area contributed by atoms with Crippen LogP contribution in [0.3, 0.4) is 0 Å². The summed E-state index contributed by atoms with van der Waals surface area (Å²) in [5, 5.41) is 0.842. The maximum Gasteiger partial charge on any atom is 0.354 e. The van der Waals surface area contributed by atoms with Gasteiger partial charge in [-0.15, -0.1) is 0 Å². The largest absolute Gasteiger partial charge is 0.497 e. The predicted molar refractivity (Wildman–Crippen MR) is 67.4 cm³/mol. The molecule has 1 heterocycles. The fourth-order valence-corrected chi connectivity index (χ4v) is 1.78. The summed E-state index contributed by atoms with van der Waals surface area (Å²) in [5.74, 6) is 0.920. The number of nitrogens with one attached hydrogen (secondary N) is 1. The lowest BCUT2D eigenvalue weighted by molar-refractivity contribution is 0.0520. The molecule has 0 atom stereocenters. The third-order valence-corrected chi connectivity index (χ3v) is 2.62. The first-order chi connectivity index (χ1) is 8.69. The molecule has 0 fully saturated rings. The molecule has 1 aromatic heterocycles. The Bertz CT molecular complexity index is 574. The van der Waals surface area contributed by atoms with Gasteiger partial charge in [0.05, 0.1) is 26.3 Å². The van der Waals surface area contributed by atoms with Crippen LogP contribution in [0.1, 0.15) is 17.4 Å². The van der Waals surface area contributed by atoms with Crippen LogP contribution in [0.25, 0.3) is 10.9 Å². The third kappa shape index (κ3) is 2.11. The molecule has 0 aliphatic carbocycles. The number of hydrogen-bond donors (Lipinski definition) is 1. The number of carbonyl (C=O) groups excluding carboxylic acids is 1. The highest BCUT2D eigenvalue weighted by Crippen LogP contribution is 2.31. The van der Waals surface area contributed by atoms with Crippen molar-refractivity contribution in [2.24, 2.45) is 0 Å². The molecular weight excluding hydrogens is 234 g/mol. The van der Waals surface area contributed by atoms with Crippen molar-refractivity contribution in [3.8, 4) is 11.5 Å². The minimum absolute atomic E-state index is 0.342. The quantitative estimate of drug-likeness (QED) is 0.845. The van der Waals surface area contributed by atoms with Gasteiger partial charge >= 0.3 is 5.97 Å². The second-order valence-electron chi connectivity index (χ2n) is 3.70. The summed E-state index contributed by atoms with van der Waals surface area (Å²) in [5.41, 5.74) is 1.15. The first-order valence-electron chi connectivity index (χ1n) is 5.61. The zero-order chi connectivity index (χ0) is 13.1. The van der Waals surface area contributed by atoms with Gasteiger partial charge in [0.25, 0.3) is 0 Å². The second kappa shape index (κ2) is 5.00. The Morgan fingerprint density at radius 1 is 1.22 bits per heavy atom. The van der Waals surface area contributed by atoms with E-state index in [2.05, 4.69) is 4.98 Å². The van der Waals surface area contributed by atoms with E-state index in [4.69, 9.17) is 14.2 Å². The van der Waals surface area contributed by atoms with E-state index in [0.717, 1.165) is 10.9 Å². The first-order valence-corrected chi connectivity index (χ1v) is 5.61. The van der Waals surface area contributed by atoms with E-state index in [9.17, 15) is 4.79 Å². The minimum atomic E-state index is -0.380. The van der Waals surface area contributed by atoms with E-state index in [1.54, 1.807) is 33.3 Å². The molecule has 0 aliphatic heterocycles. The highest BCUT2D eigenvalue weighted by molar-refractivity contribution is 5.97. The average molecular weight is 249 g/mol. The summed E-state index contributed by atoms with van der Waals surface area (Å²) in [6, 6.07) is 5.31. The molecule has 0 saturated heterocycles. The summed E-state index contributed by atoms with van der Waals surface area (Å²) in [6.45, 7) is 2.11. The number of aromatic nitrogens is 1. The van der Waals surface area contributed by atoms with Crippen molar-refractivity contribution >= 4 is 16.9 Å². The van der Waals surface area contributed by atoms with Gasteiger partial charge < -0.3 is 19.2 Å². The number of esters is 1. The van der Waals surface area contributed by atoms with Gasteiger partial charge in [0.2, 0.25) is 0 Å². The zero-order valence-corrected chi connectivity index (χ0v) is 10.6. The molecule has 0 radical (unpaired) electrons. The van der Waals surface area contributed by atoms with Crippen LogP contribution in [-0.4, -0.2) is 31.8 Å². The van der Waals surface area contributed by atoms with Crippen molar-refractivity contribution in [3.05, 3.63) is 23.9 Å². The number of hydrogen-bond acceptors (Lipinski definition) is 4. The van der Waals surface area contributed by atoms with Gasteiger partial charge in [-0.05, 0) is 19.1 Å². The summed E-state index contributed by atoms with van der Waals surface area (Å²) >= 11 is 0. The van der Waals surface area contributed by atoms with Crippen molar-refractivity contribution in [1.29, 1.82) is 0 Å². The fraction of sp³-hybridized carbons (Fsp3) is 0.308. The fourth-order valence-electron chi connectivity index (χ4n) is 1.78. The Balaban J connectivity index is 2.52. The van der Waals surface area contributed by atoms with Gasteiger partial charge in [0, 0.05) is 11.5 Å². The Kier molecular flexibility index (Phi) is 3.41. The zero-order valence-electron chi connectivity index (χ0n) is 10.6. The topological polar surface area (TPSA) is 60.6 Å². The Hall–Kier alpha value is -2.17. The molecule has 18 heavy (non-hydrogen) atoms. The molecule has 2 rings (SSSR count). The van der Waals surface area contributed by atoms with E-state index >= 15 is 0 Å². The smallest absolute Gasteiger partial charge is 0.354 e. The molecule has 5 heteroatoms. The Morgan fingerprint density at radius 3 is 2.61 bits per heavy atom. The van der Waals surface area contributed by atoms with Gasteiger partial charge in [-0.1, -0.05) is 0 Å². The van der Waals surface area contributed by atoms with Crippen LogP contribution in [0.5, 0.6) is 11.5 Å². The van der Waals surface area contributed by atoms with Crippen molar-refractivity contribution in [1.82, 2.24) is 4.98 Å². The van der Waals surface area contributed by atoms with Crippen LogP contribution in [0.15, 0.2) is 18.2 Å². The highest BCUT2D eigenvalue weighted by Gasteiger charge is 2.14. The number of rotatable bonds is 4. The minimum Gasteiger partial charge on any atom is -0.497 e. The number of methoxy groups -OCH3 is 2. The number of ether oxygens (including phenoxy) is 3. The summed E-state index contributed by atoms with van der Waals surface area (Å²) in [6.07, 6.45) is 0. The SMILES string of the molecule is CCOC(=O)c1cc2cc(OC)cc(OC)c2[nH]1. The van der Waals surface area contributed by atoms with Crippen molar-refractivity contribution in [2.45, 2.75) is 6.92 Å². The van der Waals surface area contributed by atoms with Crippen molar-refractivity contribution in [3.63, 3.8) is 0 Å². The average Bonchev–Trinajstić information content (AvgIpc) is 2.81. The van der Waals surface area contributed by atoms with Crippen LogP contribution >= 0.6 is 0 Å². The van der Waals surface area contributed by atoms with E-state index in [-0.39, 0.29) is 5.97 Å². The molecule has 0 saturated carbocycles. The maximum atomic E-state index is 11.6. The molecule has 0 bridgehead atoms. The Morgan fingerprint density at radius 2 is 2.00 bits per heavy atom. The molecular formula is C13H15NO4. The van der Waals surface area contributed by atoms with Crippen molar-refractivity contribution < 1.29 is 19.0 Å². The second-order valence-corrected chi connectivity index (χ2v) is 3.70. The normalized spacial score (nSPS) is 10.4. The lowest BCUT2D eigenvalue weighted by Crippen LogP contribution is -2.04. The number of benzene rings is 1. The lowest BCUT2D eigenvalue weighted by Gasteiger charge is -2.05. The highest BCUT2D eigenvalue weighted by atomic mass is 16.5. The summed E-state index contributed by atoms with van der Waals surface area (Å²) < 4.78 is 15.4. The maximum absolute atomic E-state index is 11.6. The molecule has 0 unspecified atom stereocenters. The molecule has 5 nitrogen and oxygen atoms in total. The van der Waals surface area contributed by atoms with Gasteiger partial charge in [0.1, 0.15) is 17.2 Å². The lowest BCUT2D eigenvalue weighted by atomic mass is 10.2. The molecule has 96 valence electrons. The molecule has 0 aliphatic rings. The van der Waals surface area contributed by atoms with Gasteiger partial charge in [-0.3, -0.25) is 0 Å². The van der Waals surface area contributed by atoms with E-state index in [1.807, 2.05) is 6.07 Å². The molecule has 1 N–H and O–H groups in total. The van der Waals surface area contributed by atoms with Gasteiger partial charge in [-0.25, -0.2) is 4.79 Å². The molecule has 1 aromatic carbocycles. The van der Waals surface area contributed by atoms with E-state index in [1.165, 1.54) is 0 Å². The van der Waals surface area contributed by atoms with E-state index in [0.29, 0.717) is 23.8 Å². The number of carbonyl (C=O) groups is 1. The number of fused-ring (bicyclic) bond motifs is 1. The van der Waals surface area contributed by atoms with Crippen molar-refractivity contribution in [2.75, 3.05) is 20.8 Å². The van der Waals surface area contributed by atoms with Gasteiger partial charge in [-0.2, -0.15) is 0 Å². The molecule has 0 spiro atoms. The Labute approximate surface area is 105 Å². The first kappa shape index (κ1) is 12.3. The van der Waals surface area contributed by atoms with Crippen LogP contribution in [0.4, 0.5) is 0 Å². The standard InChI is InChI=1S/C13H15NO4/c1-4-18-13(15)10-6-8-5-9(16-2)7-11(17-3)12(8)14-10/h5-7,14H,4H2,1-3H3. The molecule has 2 aromatic rings. The predicted octanol–water partition coefficient (Wildman–Crippen LogP) is 2.36. The van der Waals surface area contributed by atoms with Crippen LogP contribution in [0.2, 0.25) is 0 Å². The monoisotopic (exact) mass is 249 g/mol. The summed E-state index contributed by atoms with van der Waals surface area (Å²) in [4.78, 5) is 14.6. The molecule has 0 amide bonds. The summed E-state index contributed by atoms with van der Waals surface area (Å²) in [7, 11) is 3.15.